The Labute approximate surface area is 94.3 Å². The number of rotatable bonds is 2. The molecule has 2 rings (SSSR count). The molecule has 0 fully saturated rings. The van der Waals surface area contributed by atoms with Crippen molar-refractivity contribution in [3.63, 3.8) is 0 Å². The van der Waals surface area contributed by atoms with Gasteiger partial charge in [0.25, 0.3) is 0 Å². The van der Waals surface area contributed by atoms with Crippen LogP contribution in [0.3, 0.4) is 0 Å². The van der Waals surface area contributed by atoms with Crippen molar-refractivity contribution in [2.45, 2.75) is 13.8 Å². The smallest absolute Gasteiger partial charge is 0.180 e. The third kappa shape index (κ3) is 1.65. The van der Waals surface area contributed by atoms with Gasteiger partial charge in [0.05, 0.1) is 12.1 Å². The molecule has 1 aromatic rings. The maximum Gasteiger partial charge on any atom is 0.180 e. The molecule has 0 radical (unpaired) electrons. The third-order valence-corrected chi connectivity index (χ3v) is 2.82. The average molecular weight is 221 g/mol. The number of nitrogens with two attached hydrogens (primary N) is 1. The maximum absolute atomic E-state index is 11.8. The van der Waals surface area contributed by atoms with Gasteiger partial charge in [-0.2, -0.15) is 0 Å². The summed E-state index contributed by atoms with van der Waals surface area (Å²) in [5.74, 6) is 1.08. The Balaban J connectivity index is 2.63. The maximum atomic E-state index is 11.8. The number of Topliss-reactive ketones (excluding diaryl/α,β-unsaturated/α-hetero) is 1. The van der Waals surface area contributed by atoms with Crippen LogP contribution in [-0.2, 0) is 0 Å². The van der Waals surface area contributed by atoms with Crippen LogP contribution in [0, 0.1) is 13.8 Å². The minimum Gasteiger partial charge on any atom is -0.486 e. The van der Waals surface area contributed by atoms with E-state index >= 15 is 0 Å². The highest BCUT2D eigenvalue weighted by molar-refractivity contribution is 6.02. The van der Waals surface area contributed by atoms with Crippen LogP contribution >= 0.6 is 0 Å². The predicted octanol–water partition coefficient (Wildman–Crippen LogP) is 1.22. The van der Waals surface area contributed by atoms with E-state index in [0.29, 0.717) is 30.3 Å². The first-order valence-electron chi connectivity index (χ1n) is 5.28. The summed E-state index contributed by atoms with van der Waals surface area (Å²) in [7, 11) is 0. The van der Waals surface area contributed by atoms with E-state index in [4.69, 9.17) is 15.2 Å². The standard InChI is InChI=1S/C12H15NO3/c1-7-5-10-12(16-4-3-15-10)11(8(7)2)9(14)6-13/h5H,3-4,6,13H2,1-2H3. The summed E-state index contributed by atoms with van der Waals surface area (Å²) in [6.07, 6.45) is 0. The lowest BCUT2D eigenvalue weighted by atomic mass is 9.98. The summed E-state index contributed by atoms with van der Waals surface area (Å²) in [6.45, 7) is 4.82. The lowest BCUT2D eigenvalue weighted by Crippen LogP contribution is -2.22. The minimum absolute atomic E-state index is 0.0138. The van der Waals surface area contributed by atoms with Gasteiger partial charge >= 0.3 is 0 Å². The van der Waals surface area contributed by atoms with Gasteiger partial charge in [-0.05, 0) is 31.0 Å². The lowest BCUT2D eigenvalue weighted by molar-refractivity contribution is 0.0989. The second kappa shape index (κ2) is 4.14. The van der Waals surface area contributed by atoms with Crippen molar-refractivity contribution in [1.29, 1.82) is 0 Å². The van der Waals surface area contributed by atoms with Gasteiger partial charge in [-0.15, -0.1) is 0 Å². The first-order chi connectivity index (χ1) is 7.65. The van der Waals surface area contributed by atoms with Gasteiger partial charge in [0, 0.05) is 0 Å². The number of fused-ring (bicyclic) bond motifs is 1. The molecule has 0 bridgehead atoms. The fraction of sp³-hybridized carbons (Fsp3) is 0.417. The molecule has 1 aliphatic rings. The van der Waals surface area contributed by atoms with Gasteiger partial charge in [-0.25, -0.2) is 0 Å². The molecule has 1 aromatic carbocycles. The van der Waals surface area contributed by atoms with Gasteiger partial charge in [0.1, 0.15) is 13.2 Å². The van der Waals surface area contributed by atoms with Crippen molar-refractivity contribution in [1.82, 2.24) is 0 Å². The highest BCUT2D eigenvalue weighted by atomic mass is 16.6. The van der Waals surface area contributed by atoms with E-state index in [-0.39, 0.29) is 12.3 Å². The molecule has 0 unspecified atom stereocenters. The zero-order chi connectivity index (χ0) is 11.7. The summed E-state index contributed by atoms with van der Waals surface area (Å²) in [5.41, 5.74) is 7.91. The molecule has 4 nitrogen and oxygen atoms in total. The molecule has 0 aliphatic carbocycles. The Morgan fingerprint density at radius 3 is 2.75 bits per heavy atom. The van der Waals surface area contributed by atoms with Crippen LogP contribution in [0.1, 0.15) is 21.5 Å². The highest BCUT2D eigenvalue weighted by Gasteiger charge is 2.23. The summed E-state index contributed by atoms with van der Waals surface area (Å²) in [4.78, 5) is 11.8. The quantitative estimate of drug-likeness (QED) is 0.763. The predicted molar refractivity (Wildman–Crippen MR) is 60.3 cm³/mol. The fourth-order valence-electron chi connectivity index (χ4n) is 1.84. The van der Waals surface area contributed by atoms with E-state index < -0.39 is 0 Å². The molecule has 1 heterocycles. The van der Waals surface area contributed by atoms with Crippen molar-refractivity contribution in [3.05, 3.63) is 22.8 Å². The SMILES string of the molecule is Cc1cc2c(c(C(=O)CN)c1C)OCCO2. The third-order valence-electron chi connectivity index (χ3n) is 2.82. The monoisotopic (exact) mass is 221 g/mol. The van der Waals surface area contributed by atoms with Crippen LogP contribution in [0.15, 0.2) is 6.07 Å². The van der Waals surface area contributed by atoms with Crippen molar-refractivity contribution < 1.29 is 14.3 Å². The Bertz CT molecular complexity index is 440. The zero-order valence-electron chi connectivity index (χ0n) is 9.50. The summed E-state index contributed by atoms with van der Waals surface area (Å²) < 4.78 is 11.0. The van der Waals surface area contributed by atoms with Crippen molar-refractivity contribution >= 4 is 5.78 Å². The molecule has 0 spiro atoms. The topological polar surface area (TPSA) is 61.6 Å². The van der Waals surface area contributed by atoms with E-state index in [1.165, 1.54) is 0 Å². The van der Waals surface area contributed by atoms with E-state index in [0.717, 1.165) is 11.1 Å². The van der Waals surface area contributed by atoms with Crippen LogP contribution in [0.2, 0.25) is 0 Å². The number of carbonyl (C=O) groups is 1. The molecule has 0 amide bonds. The van der Waals surface area contributed by atoms with Crippen LogP contribution in [-0.4, -0.2) is 25.5 Å². The number of aryl methyl sites for hydroxylation is 1. The number of ether oxygens (including phenoxy) is 2. The minimum atomic E-state index is -0.108. The van der Waals surface area contributed by atoms with Gasteiger partial charge < -0.3 is 15.2 Å². The highest BCUT2D eigenvalue weighted by Crippen LogP contribution is 2.37. The number of ketones is 1. The van der Waals surface area contributed by atoms with E-state index in [1.54, 1.807) is 0 Å². The van der Waals surface area contributed by atoms with Crippen LogP contribution < -0.4 is 15.2 Å². The molecular weight excluding hydrogens is 206 g/mol. The molecule has 4 heteroatoms. The van der Waals surface area contributed by atoms with E-state index in [2.05, 4.69) is 0 Å². The molecular formula is C12H15NO3. The second-order valence-electron chi connectivity index (χ2n) is 3.84. The summed E-state index contributed by atoms with van der Waals surface area (Å²) in [5, 5.41) is 0. The molecule has 0 saturated carbocycles. The van der Waals surface area contributed by atoms with Gasteiger partial charge in [-0.3, -0.25) is 4.79 Å². The molecule has 0 atom stereocenters. The average Bonchev–Trinajstić information content (AvgIpc) is 2.30. The largest absolute Gasteiger partial charge is 0.486 e. The van der Waals surface area contributed by atoms with E-state index in [9.17, 15) is 4.79 Å². The number of benzene rings is 1. The van der Waals surface area contributed by atoms with Crippen LogP contribution in [0.5, 0.6) is 11.5 Å². The van der Waals surface area contributed by atoms with Gasteiger partial charge in [0.15, 0.2) is 17.3 Å². The van der Waals surface area contributed by atoms with Gasteiger partial charge in [0.2, 0.25) is 0 Å². The Hall–Kier alpha value is -1.55. The van der Waals surface area contributed by atoms with Crippen molar-refractivity contribution in [2.24, 2.45) is 5.73 Å². The molecule has 2 N–H and O–H groups in total. The normalized spacial score (nSPS) is 13.7. The van der Waals surface area contributed by atoms with Crippen LogP contribution in [0.25, 0.3) is 0 Å². The first-order valence-corrected chi connectivity index (χ1v) is 5.28. The summed E-state index contributed by atoms with van der Waals surface area (Å²) >= 11 is 0. The fourth-order valence-corrected chi connectivity index (χ4v) is 1.84. The second-order valence-corrected chi connectivity index (χ2v) is 3.84. The molecule has 0 saturated heterocycles. The molecule has 0 aromatic heterocycles. The van der Waals surface area contributed by atoms with Crippen molar-refractivity contribution in [2.75, 3.05) is 19.8 Å². The Morgan fingerprint density at radius 1 is 1.38 bits per heavy atom. The zero-order valence-corrected chi connectivity index (χ0v) is 9.50. The van der Waals surface area contributed by atoms with E-state index in [1.807, 2.05) is 19.9 Å². The Kier molecular flexibility index (Phi) is 2.83. The summed E-state index contributed by atoms with van der Waals surface area (Å²) in [6, 6.07) is 1.90. The molecule has 86 valence electrons. The number of hydrogen-bond acceptors (Lipinski definition) is 4. The number of carbonyl (C=O) groups excluding carboxylic acids is 1. The number of hydrogen-bond donors (Lipinski definition) is 1. The first kappa shape index (κ1) is 11.0. The van der Waals surface area contributed by atoms with Crippen molar-refractivity contribution in [3.8, 4) is 11.5 Å². The molecule has 16 heavy (non-hydrogen) atoms. The lowest BCUT2D eigenvalue weighted by Gasteiger charge is -2.23. The molecule has 1 aliphatic heterocycles. The Morgan fingerprint density at radius 2 is 2.06 bits per heavy atom. The van der Waals surface area contributed by atoms with Crippen LogP contribution in [0.4, 0.5) is 0 Å². The van der Waals surface area contributed by atoms with Gasteiger partial charge in [-0.1, -0.05) is 0 Å².